The van der Waals surface area contributed by atoms with Crippen LogP contribution in [0.25, 0.3) is 10.9 Å². The van der Waals surface area contributed by atoms with E-state index in [1.807, 2.05) is 28.9 Å². The average Bonchev–Trinajstić information content (AvgIpc) is 3.04. The van der Waals surface area contributed by atoms with Crippen molar-refractivity contribution in [2.24, 2.45) is 5.92 Å². The molecule has 1 aliphatic rings. The van der Waals surface area contributed by atoms with Gasteiger partial charge < -0.3 is 0 Å². The number of carbonyl (C=O) groups is 2. The number of benzene rings is 2. The molecule has 5 nitrogen and oxygen atoms in total. The highest BCUT2D eigenvalue weighted by Crippen LogP contribution is 2.33. The topological polar surface area (TPSA) is 55.2 Å². The van der Waals surface area contributed by atoms with Crippen LogP contribution in [-0.2, 0) is 6.54 Å². The molecule has 0 saturated carbocycles. The van der Waals surface area contributed by atoms with Crippen LogP contribution in [0.4, 0.5) is 5.82 Å². The summed E-state index contributed by atoms with van der Waals surface area (Å²) in [5.41, 5.74) is 1.80. The molecule has 0 N–H and O–H groups in total. The van der Waals surface area contributed by atoms with E-state index < -0.39 is 0 Å². The quantitative estimate of drug-likeness (QED) is 0.694. The van der Waals surface area contributed by atoms with E-state index in [9.17, 15) is 9.59 Å². The van der Waals surface area contributed by atoms with Crippen molar-refractivity contribution in [1.82, 2.24) is 9.78 Å². The Morgan fingerprint density at radius 2 is 1.50 bits per heavy atom. The molecule has 0 atom stereocenters. The molecule has 1 aromatic heterocycles. The lowest BCUT2D eigenvalue weighted by Crippen LogP contribution is -2.30. The SMILES string of the molecule is CC(C)Cn1nc(N2C(=O)c3ccccc3C2=O)c2ccccc21. The summed E-state index contributed by atoms with van der Waals surface area (Å²) in [5.74, 6) is 0.201. The fourth-order valence-electron chi connectivity index (χ4n) is 3.14. The Hall–Kier alpha value is -2.95. The van der Waals surface area contributed by atoms with Gasteiger partial charge in [-0.15, -0.1) is 0 Å². The molecule has 5 heteroatoms. The van der Waals surface area contributed by atoms with Gasteiger partial charge in [0.1, 0.15) is 0 Å². The first-order valence-electron chi connectivity index (χ1n) is 8.01. The predicted octanol–water partition coefficient (Wildman–Crippen LogP) is 3.49. The van der Waals surface area contributed by atoms with E-state index in [2.05, 4.69) is 18.9 Å². The predicted molar refractivity (Wildman–Crippen MR) is 92.2 cm³/mol. The van der Waals surface area contributed by atoms with Crippen molar-refractivity contribution in [3.05, 3.63) is 59.7 Å². The van der Waals surface area contributed by atoms with Crippen molar-refractivity contribution < 1.29 is 9.59 Å². The molecule has 0 aliphatic carbocycles. The maximum absolute atomic E-state index is 12.7. The second kappa shape index (κ2) is 5.30. The number of fused-ring (bicyclic) bond motifs is 2. The third-order valence-corrected chi connectivity index (χ3v) is 4.18. The molecule has 0 fully saturated rings. The molecule has 0 unspecified atom stereocenters. The zero-order valence-corrected chi connectivity index (χ0v) is 13.6. The highest BCUT2D eigenvalue weighted by Gasteiger charge is 2.38. The van der Waals surface area contributed by atoms with Crippen LogP contribution < -0.4 is 4.90 Å². The Morgan fingerprint density at radius 3 is 2.12 bits per heavy atom. The lowest BCUT2D eigenvalue weighted by Gasteiger charge is -2.11. The Kier molecular flexibility index (Phi) is 3.23. The standard InChI is InChI=1S/C19H17N3O2/c1-12(2)11-21-16-10-6-5-9-15(16)17(20-21)22-18(23)13-7-3-4-8-14(13)19(22)24/h3-10,12H,11H2,1-2H3. The Bertz CT molecular complexity index is 937. The first-order chi connectivity index (χ1) is 11.6. The summed E-state index contributed by atoms with van der Waals surface area (Å²) in [6, 6.07) is 14.6. The number of rotatable bonds is 3. The van der Waals surface area contributed by atoms with E-state index >= 15 is 0 Å². The molecule has 0 saturated heterocycles. The lowest BCUT2D eigenvalue weighted by atomic mass is 10.1. The van der Waals surface area contributed by atoms with E-state index in [4.69, 9.17) is 0 Å². The van der Waals surface area contributed by atoms with Crippen LogP contribution in [0.2, 0.25) is 0 Å². The summed E-state index contributed by atoms with van der Waals surface area (Å²) in [7, 11) is 0. The van der Waals surface area contributed by atoms with Gasteiger partial charge in [0, 0.05) is 11.9 Å². The van der Waals surface area contributed by atoms with Crippen LogP contribution >= 0.6 is 0 Å². The van der Waals surface area contributed by atoms with Gasteiger partial charge >= 0.3 is 0 Å². The summed E-state index contributed by atoms with van der Waals surface area (Å²) >= 11 is 0. The minimum Gasteiger partial charge on any atom is -0.268 e. The van der Waals surface area contributed by atoms with Crippen LogP contribution in [0.1, 0.15) is 34.6 Å². The van der Waals surface area contributed by atoms with E-state index in [0.29, 0.717) is 22.9 Å². The molecular weight excluding hydrogens is 302 g/mol. The molecule has 0 radical (unpaired) electrons. The molecule has 3 aromatic rings. The second-order valence-electron chi connectivity index (χ2n) is 6.41. The number of hydrogen-bond acceptors (Lipinski definition) is 3. The fourth-order valence-corrected chi connectivity index (χ4v) is 3.14. The summed E-state index contributed by atoms with van der Waals surface area (Å²) in [5, 5.41) is 5.41. The monoisotopic (exact) mass is 319 g/mol. The first kappa shape index (κ1) is 14.6. The number of imide groups is 1. The van der Waals surface area contributed by atoms with Gasteiger partial charge in [0.15, 0.2) is 5.82 Å². The highest BCUT2D eigenvalue weighted by atomic mass is 16.2. The normalized spacial score (nSPS) is 14.0. The van der Waals surface area contributed by atoms with Crippen LogP contribution in [-0.4, -0.2) is 21.6 Å². The van der Waals surface area contributed by atoms with Gasteiger partial charge in [-0.1, -0.05) is 38.1 Å². The van der Waals surface area contributed by atoms with Gasteiger partial charge in [0.25, 0.3) is 11.8 Å². The van der Waals surface area contributed by atoms with Crippen molar-refractivity contribution in [3.8, 4) is 0 Å². The number of amides is 2. The van der Waals surface area contributed by atoms with Crippen LogP contribution in [0.5, 0.6) is 0 Å². The van der Waals surface area contributed by atoms with Crippen molar-refractivity contribution in [1.29, 1.82) is 0 Å². The maximum Gasteiger partial charge on any atom is 0.267 e. The Morgan fingerprint density at radius 1 is 0.917 bits per heavy atom. The zero-order valence-electron chi connectivity index (χ0n) is 13.6. The van der Waals surface area contributed by atoms with Gasteiger partial charge in [0.2, 0.25) is 0 Å². The highest BCUT2D eigenvalue weighted by molar-refractivity contribution is 6.35. The number of anilines is 1. The smallest absolute Gasteiger partial charge is 0.267 e. The minimum absolute atomic E-state index is 0.310. The second-order valence-corrected chi connectivity index (χ2v) is 6.41. The number of aromatic nitrogens is 2. The van der Waals surface area contributed by atoms with Gasteiger partial charge in [0.05, 0.1) is 16.6 Å². The molecule has 24 heavy (non-hydrogen) atoms. The maximum atomic E-state index is 12.7. The molecular formula is C19H17N3O2. The van der Waals surface area contributed by atoms with Gasteiger partial charge in [-0.05, 0) is 30.2 Å². The molecule has 2 aromatic carbocycles. The molecule has 0 bridgehead atoms. The molecule has 4 rings (SSSR count). The minimum atomic E-state index is -0.310. The van der Waals surface area contributed by atoms with Crippen molar-refractivity contribution >= 4 is 28.5 Å². The zero-order chi connectivity index (χ0) is 16.8. The van der Waals surface area contributed by atoms with E-state index in [-0.39, 0.29) is 11.8 Å². The third kappa shape index (κ3) is 2.05. The molecule has 2 heterocycles. The molecule has 1 aliphatic heterocycles. The Labute approximate surface area is 139 Å². The lowest BCUT2D eigenvalue weighted by molar-refractivity contribution is 0.0925. The van der Waals surface area contributed by atoms with Gasteiger partial charge in [-0.25, -0.2) is 4.90 Å². The van der Waals surface area contributed by atoms with Gasteiger partial charge in [-0.2, -0.15) is 5.10 Å². The van der Waals surface area contributed by atoms with E-state index in [1.165, 1.54) is 4.90 Å². The van der Waals surface area contributed by atoms with Gasteiger partial charge in [-0.3, -0.25) is 14.3 Å². The van der Waals surface area contributed by atoms with E-state index in [1.54, 1.807) is 24.3 Å². The van der Waals surface area contributed by atoms with Crippen molar-refractivity contribution in [2.75, 3.05) is 4.90 Å². The number of carbonyl (C=O) groups excluding carboxylic acids is 2. The summed E-state index contributed by atoms with van der Waals surface area (Å²) in [6.45, 7) is 4.94. The van der Waals surface area contributed by atoms with Crippen LogP contribution in [0.15, 0.2) is 48.5 Å². The third-order valence-electron chi connectivity index (χ3n) is 4.18. The average molecular weight is 319 g/mol. The van der Waals surface area contributed by atoms with Crippen LogP contribution in [0, 0.1) is 5.92 Å². The first-order valence-corrected chi connectivity index (χ1v) is 8.01. The van der Waals surface area contributed by atoms with Crippen LogP contribution in [0.3, 0.4) is 0 Å². The summed E-state index contributed by atoms with van der Waals surface area (Å²) < 4.78 is 1.87. The number of hydrogen-bond donors (Lipinski definition) is 0. The largest absolute Gasteiger partial charge is 0.268 e. The van der Waals surface area contributed by atoms with Crippen molar-refractivity contribution in [2.45, 2.75) is 20.4 Å². The fraction of sp³-hybridized carbons (Fsp3) is 0.211. The molecule has 2 amide bonds. The van der Waals surface area contributed by atoms with E-state index in [0.717, 1.165) is 17.4 Å². The Balaban J connectivity index is 1.89. The molecule has 120 valence electrons. The molecule has 0 spiro atoms. The summed E-state index contributed by atoms with van der Waals surface area (Å²) in [4.78, 5) is 26.7. The summed E-state index contributed by atoms with van der Waals surface area (Å²) in [6.07, 6.45) is 0. The van der Waals surface area contributed by atoms with Crippen molar-refractivity contribution in [3.63, 3.8) is 0 Å². The number of para-hydroxylation sites is 1. The number of nitrogens with zero attached hydrogens (tertiary/aromatic N) is 3.